The molecule has 1 N–H and O–H groups in total. The molecule has 0 spiro atoms. The Bertz CT molecular complexity index is 898. The Labute approximate surface area is 184 Å². The minimum Gasteiger partial charge on any atom is -0.349 e. The van der Waals surface area contributed by atoms with E-state index in [1.165, 1.54) is 4.90 Å². The van der Waals surface area contributed by atoms with Crippen LogP contribution in [0.2, 0.25) is 5.02 Å². The van der Waals surface area contributed by atoms with Crippen LogP contribution in [0.1, 0.15) is 42.7 Å². The first-order valence-electron chi connectivity index (χ1n) is 8.70. The number of carbonyl (C=O) groups excluding carboxylic acids is 2. The predicted molar refractivity (Wildman–Crippen MR) is 121 cm³/mol. The van der Waals surface area contributed by atoms with Crippen molar-refractivity contribution in [2.24, 2.45) is 0 Å². The van der Waals surface area contributed by atoms with Crippen molar-refractivity contribution in [3.05, 3.63) is 68.3 Å². The number of hydrogen-bond acceptors (Lipinski definition) is 2. The number of benzene rings is 2. The van der Waals surface area contributed by atoms with E-state index in [4.69, 9.17) is 18.0 Å². The molecule has 0 radical (unpaired) electrons. The third-order valence-corrected chi connectivity index (χ3v) is 5.06. The molecule has 0 saturated heterocycles. The van der Waals surface area contributed by atoms with Crippen LogP contribution in [-0.4, -0.2) is 28.8 Å². The lowest BCUT2D eigenvalue weighted by Gasteiger charge is -2.33. The van der Waals surface area contributed by atoms with E-state index in [2.05, 4.69) is 33.8 Å². The Kier molecular flexibility index (Phi) is 7.50. The van der Waals surface area contributed by atoms with Crippen molar-refractivity contribution < 1.29 is 9.59 Å². The van der Waals surface area contributed by atoms with E-state index in [0.29, 0.717) is 16.1 Å². The molecule has 4 nitrogen and oxygen atoms in total. The molecule has 28 heavy (non-hydrogen) atoms. The van der Waals surface area contributed by atoms with Gasteiger partial charge in [0.2, 0.25) is 5.91 Å². The Morgan fingerprint density at radius 2 is 1.79 bits per heavy atom. The van der Waals surface area contributed by atoms with Gasteiger partial charge in [-0.3, -0.25) is 9.59 Å². The summed E-state index contributed by atoms with van der Waals surface area (Å²) < 4.78 is 0.790. The molecule has 1 atom stereocenters. The average Bonchev–Trinajstić information content (AvgIpc) is 2.61. The molecule has 2 rings (SSSR count). The van der Waals surface area contributed by atoms with E-state index in [0.717, 1.165) is 3.57 Å². The normalized spacial score (nSPS) is 12.0. The van der Waals surface area contributed by atoms with E-state index in [1.54, 1.807) is 36.4 Å². The quantitative estimate of drug-likeness (QED) is 0.471. The Balaban J connectivity index is 2.54. The lowest BCUT2D eigenvalue weighted by atomic mass is 10.0. The highest BCUT2D eigenvalue weighted by Crippen LogP contribution is 2.26. The molecule has 1 unspecified atom stereocenters. The highest BCUT2D eigenvalue weighted by atomic mass is 127. The van der Waals surface area contributed by atoms with Gasteiger partial charge in [-0.15, -0.1) is 6.42 Å². The maximum Gasteiger partial charge on any atom is 0.256 e. The van der Waals surface area contributed by atoms with Gasteiger partial charge in [0, 0.05) is 14.1 Å². The van der Waals surface area contributed by atoms with Crippen LogP contribution in [0.15, 0.2) is 48.5 Å². The Morgan fingerprint density at radius 1 is 1.18 bits per heavy atom. The average molecular weight is 509 g/mol. The van der Waals surface area contributed by atoms with Gasteiger partial charge in [0.1, 0.15) is 6.04 Å². The SMILES string of the molecule is C#CCN(C(=O)c1ccccc1I)C(C(=O)NC(C)(C)C)c1ccc(Cl)cc1. The minimum atomic E-state index is -0.879. The van der Waals surface area contributed by atoms with Gasteiger partial charge in [0.05, 0.1) is 12.1 Å². The van der Waals surface area contributed by atoms with Crippen LogP contribution in [0.4, 0.5) is 0 Å². The largest absolute Gasteiger partial charge is 0.349 e. The number of terminal acetylenes is 1. The fraction of sp³-hybridized carbons (Fsp3) is 0.273. The third-order valence-electron chi connectivity index (χ3n) is 3.87. The summed E-state index contributed by atoms with van der Waals surface area (Å²) in [7, 11) is 0. The van der Waals surface area contributed by atoms with E-state index in [1.807, 2.05) is 32.9 Å². The summed E-state index contributed by atoms with van der Waals surface area (Å²) in [5.41, 5.74) is 0.676. The lowest BCUT2D eigenvalue weighted by Crippen LogP contribution is -2.49. The van der Waals surface area contributed by atoms with Crippen LogP contribution >= 0.6 is 34.2 Å². The summed E-state index contributed by atoms with van der Waals surface area (Å²) in [6.45, 7) is 5.65. The molecule has 0 bridgehead atoms. The molecule has 0 aliphatic carbocycles. The van der Waals surface area contributed by atoms with Gasteiger partial charge in [0.15, 0.2) is 0 Å². The van der Waals surface area contributed by atoms with Crippen LogP contribution in [0.3, 0.4) is 0 Å². The van der Waals surface area contributed by atoms with Crippen molar-refractivity contribution in [2.75, 3.05) is 6.54 Å². The number of rotatable bonds is 5. The fourth-order valence-electron chi connectivity index (χ4n) is 2.72. The van der Waals surface area contributed by atoms with Gasteiger partial charge in [0.25, 0.3) is 5.91 Å². The first-order chi connectivity index (χ1) is 13.1. The Hall–Kier alpha value is -2.04. The predicted octanol–water partition coefficient (Wildman–Crippen LogP) is 4.68. The molecule has 6 heteroatoms. The van der Waals surface area contributed by atoms with Crippen LogP contribution < -0.4 is 5.32 Å². The first-order valence-corrected chi connectivity index (χ1v) is 10.2. The molecule has 0 heterocycles. The molecule has 2 aromatic carbocycles. The van der Waals surface area contributed by atoms with Gasteiger partial charge < -0.3 is 10.2 Å². The summed E-state index contributed by atoms with van der Waals surface area (Å²) in [6, 6.07) is 13.2. The number of nitrogens with one attached hydrogen (secondary N) is 1. The summed E-state index contributed by atoms with van der Waals surface area (Å²) in [5.74, 6) is 1.91. The zero-order valence-electron chi connectivity index (χ0n) is 16.0. The van der Waals surface area contributed by atoms with Crippen LogP contribution in [-0.2, 0) is 4.79 Å². The number of hydrogen-bond donors (Lipinski definition) is 1. The van der Waals surface area contributed by atoms with Crippen LogP contribution in [0.5, 0.6) is 0 Å². The van der Waals surface area contributed by atoms with Crippen molar-refractivity contribution in [1.29, 1.82) is 0 Å². The zero-order chi connectivity index (χ0) is 20.9. The molecule has 2 amide bonds. The molecule has 0 aliphatic rings. The molecule has 0 aliphatic heterocycles. The maximum atomic E-state index is 13.3. The summed E-state index contributed by atoms with van der Waals surface area (Å²) >= 11 is 8.11. The van der Waals surface area contributed by atoms with Crippen molar-refractivity contribution in [3.8, 4) is 12.3 Å². The number of carbonyl (C=O) groups is 2. The van der Waals surface area contributed by atoms with E-state index < -0.39 is 11.6 Å². The molecular weight excluding hydrogens is 487 g/mol. The highest BCUT2D eigenvalue weighted by Gasteiger charge is 2.33. The van der Waals surface area contributed by atoms with Crippen LogP contribution in [0.25, 0.3) is 0 Å². The molecular formula is C22H22ClIN2O2. The third kappa shape index (κ3) is 5.73. The molecule has 2 aromatic rings. The van der Waals surface area contributed by atoms with E-state index in [9.17, 15) is 9.59 Å². The second-order valence-corrected chi connectivity index (χ2v) is 8.91. The Morgan fingerprint density at radius 3 is 2.32 bits per heavy atom. The summed E-state index contributed by atoms with van der Waals surface area (Å²) in [5, 5.41) is 3.50. The van der Waals surface area contributed by atoms with Crippen molar-refractivity contribution in [2.45, 2.75) is 32.4 Å². The monoisotopic (exact) mass is 508 g/mol. The number of amides is 2. The van der Waals surface area contributed by atoms with Crippen molar-refractivity contribution >= 4 is 46.0 Å². The van der Waals surface area contributed by atoms with Gasteiger partial charge in [-0.25, -0.2) is 0 Å². The maximum absolute atomic E-state index is 13.3. The van der Waals surface area contributed by atoms with Crippen molar-refractivity contribution in [3.63, 3.8) is 0 Å². The second-order valence-electron chi connectivity index (χ2n) is 7.31. The number of halogens is 2. The standard InChI is InChI=1S/C22H22ClIN2O2/c1-5-14-26(21(28)17-8-6-7-9-18(17)24)19(20(27)25-22(2,3)4)15-10-12-16(23)13-11-15/h1,6-13,19H,14H2,2-4H3,(H,25,27). The van der Waals surface area contributed by atoms with Gasteiger partial charge in [-0.1, -0.05) is 41.8 Å². The summed E-state index contributed by atoms with van der Waals surface area (Å²) in [4.78, 5) is 27.9. The van der Waals surface area contributed by atoms with Crippen LogP contribution in [0, 0.1) is 15.9 Å². The minimum absolute atomic E-state index is 0.00529. The fourth-order valence-corrected chi connectivity index (χ4v) is 3.47. The zero-order valence-corrected chi connectivity index (χ0v) is 18.9. The number of nitrogens with zero attached hydrogens (tertiary/aromatic N) is 1. The topological polar surface area (TPSA) is 49.4 Å². The smallest absolute Gasteiger partial charge is 0.256 e. The molecule has 0 aromatic heterocycles. The lowest BCUT2D eigenvalue weighted by molar-refractivity contribution is -0.127. The summed E-state index contributed by atoms with van der Waals surface area (Å²) in [6.07, 6.45) is 5.55. The second kappa shape index (κ2) is 9.44. The van der Waals surface area contributed by atoms with Gasteiger partial charge >= 0.3 is 0 Å². The van der Waals surface area contributed by atoms with Gasteiger partial charge in [-0.05, 0) is 73.2 Å². The molecule has 146 valence electrons. The molecule has 0 saturated carbocycles. The first kappa shape index (κ1) is 22.3. The van der Waals surface area contributed by atoms with Gasteiger partial charge in [-0.2, -0.15) is 0 Å². The van der Waals surface area contributed by atoms with E-state index >= 15 is 0 Å². The molecule has 0 fully saturated rings. The highest BCUT2D eigenvalue weighted by molar-refractivity contribution is 14.1. The van der Waals surface area contributed by atoms with E-state index in [-0.39, 0.29) is 18.4 Å². The van der Waals surface area contributed by atoms with Crippen molar-refractivity contribution in [1.82, 2.24) is 10.2 Å².